The van der Waals surface area contributed by atoms with Crippen LogP contribution in [0.15, 0.2) is 36.4 Å². The lowest BCUT2D eigenvalue weighted by atomic mass is 10.0. The van der Waals surface area contributed by atoms with Gasteiger partial charge in [-0.15, -0.1) is 0 Å². The second kappa shape index (κ2) is 5.06. The molecule has 19 heavy (non-hydrogen) atoms. The summed E-state index contributed by atoms with van der Waals surface area (Å²) in [5.74, 6) is -1.99. The van der Waals surface area contributed by atoms with Gasteiger partial charge in [-0.2, -0.15) is 0 Å². The molecule has 3 nitrogen and oxygen atoms in total. The minimum Gasteiger partial charge on any atom is -0.497 e. The quantitative estimate of drug-likeness (QED) is 0.684. The summed E-state index contributed by atoms with van der Waals surface area (Å²) in [6.45, 7) is 0. The minimum absolute atomic E-state index is 0.231. The van der Waals surface area contributed by atoms with E-state index in [4.69, 9.17) is 10.5 Å². The van der Waals surface area contributed by atoms with Gasteiger partial charge in [0, 0.05) is 11.8 Å². The largest absolute Gasteiger partial charge is 0.497 e. The Labute approximate surface area is 108 Å². The topological polar surface area (TPSA) is 52.3 Å². The number of carbonyl (C=O) groups excluding carboxylic acids is 1. The fraction of sp³-hybridized carbons (Fsp3) is 0.0714. The maximum Gasteiger partial charge on any atom is 0.198 e. The van der Waals surface area contributed by atoms with Gasteiger partial charge in [-0.1, -0.05) is 0 Å². The molecule has 98 valence electrons. The first-order valence-corrected chi connectivity index (χ1v) is 5.46. The molecule has 0 bridgehead atoms. The van der Waals surface area contributed by atoms with Crippen LogP contribution >= 0.6 is 0 Å². The zero-order valence-electron chi connectivity index (χ0n) is 10.1. The molecule has 0 aliphatic heterocycles. The van der Waals surface area contributed by atoms with E-state index in [0.717, 1.165) is 12.1 Å². The van der Waals surface area contributed by atoms with Gasteiger partial charge in [0.25, 0.3) is 0 Å². The summed E-state index contributed by atoms with van der Waals surface area (Å²) in [7, 11) is 1.38. The van der Waals surface area contributed by atoms with Crippen LogP contribution in [0.4, 0.5) is 14.5 Å². The van der Waals surface area contributed by atoms with E-state index in [1.165, 1.54) is 31.4 Å². The first-order valence-electron chi connectivity index (χ1n) is 5.46. The van der Waals surface area contributed by atoms with Crippen LogP contribution in [-0.4, -0.2) is 12.9 Å². The summed E-state index contributed by atoms with van der Waals surface area (Å²) in [6.07, 6.45) is 0. The highest BCUT2D eigenvalue weighted by molar-refractivity contribution is 6.09. The van der Waals surface area contributed by atoms with Crippen LogP contribution in [-0.2, 0) is 0 Å². The Hall–Kier alpha value is -2.43. The molecule has 0 aromatic heterocycles. The molecule has 2 rings (SSSR count). The third-order valence-electron chi connectivity index (χ3n) is 2.66. The number of halogens is 2. The van der Waals surface area contributed by atoms with E-state index in [1.807, 2.05) is 0 Å². The Balaban J connectivity index is 2.47. The van der Waals surface area contributed by atoms with Crippen molar-refractivity contribution in [3.63, 3.8) is 0 Å². The molecule has 5 heteroatoms. The molecular weight excluding hydrogens is 252 g/mol. The van der Waals surface area contributed by atoms with E-state index in [1.54, 1.807) is 0 Å². The van der Waals surface area contributed by atoms with Crippen LogP contribution in [0.2, 0.25) is 0 Å². The van der Waals surface area contributed by atoms with E-state index >= 15 is 0 Å². The average molecular weight is 263 g/mol. The van der Waals surface area contributed by atoms with Crippen molar-refractivity contribution in [2.45, 2.75) is 0 Å². The summed E-state index contributed by atoms with van der Waals surface area (Å²) >= 11 is 0. The molecule has 0 amide bonds. The number of ether oxygens (including phenoxy) is 1. The van der Waals surface area contributed by atoms with Crippen LogP contribution in [0.25, 0.3) is 0 Å². The third-order valence-corrected chi connectivity index (χ3v) is 2.66. The molecule has 0 heterocycles. The van der Waals surface area contributed by atoms with E-state index in [2.05, 4.69) is 0 Å². The molecule has 0 spiro atoms. The Morgan fingerprint density at radius 2 is 1.79 bits per heavy atom. The smallest absolute Gasteiger partial charge is 0.198 e. The number of benzene rings is 2. The standard InChI is InChI=1S/C14H11F2NO2/c1-19-9-3-4-10(13(16)7-9)14(18)11-6-8(17)2-5-12(11)15/h2-7H,17H2,1H3. The van der Waals surface area contributed by atoms with E-state index in [-0.39, 0.29) is 22.6 Å². The van der Waals surface area contributed by atoms with Crippen molar-refractivity contribution in [2.24, 2.45) is 0 Å². The number of ketones is 1. The number of nitrogens with two attached hydrogens (primary N) is 1. The summed E-state index contributed by atoms with van der Waals surface area (Å²) < 4.78 is 32.1. The molecule has 0 aliphatic rings. The lowest BCUT2D eigenvalue weighted by Gasteiger charge is -2.06. The molecule has 0 atom stereocenters. The second-order valence-corrected chi connectivity index (χ2v) is 3.91. The lowest BCUT2D eigenvalue weighted by molar-refractivity contribution is 0.103. The number of anilines is 1. The predicted molar refractivity (Wildman–Crippen MR) is 67.2 cm³/mol. The first kappa shape index (κ1) is 13.0. The van der Waals surface area contributed by atoms with Crippen LogP contribution < -0.4 is 10.5 Å². The van der Waals surface area contributed by atoms with Gasteiger partial charge in [-0.05, 0) is 30.3 Å². The second-order valence-electron chi connectivity index (χ2n) is 3.91. The molecule has 0 saturated carbocycles. The van der Waals surface area contributed by atoms with Crippen molar-refractivity contribution < 1.29 is 18.3 Å². The van der Waals surface area contributed by atoms with Gasteiger partial charge in [0.15, 0.2) is 5.78 Å². The van der Waals surface area contributed by atoms with Crippen molar-refractivity contribution in [3.05, 3.63) is 59.2 Å². The number of nitrogen functional groups attached to an aromatic ring is 1. The van der Waals surface area contributed by atoms with Crippen molar-refractivity contribution in [1.29, 1.82) is 0 Å². The Morgan fingerprint density at radius 3 is 2.42 bits per heavy atom. The first-order chi connectivity index (χ1) is 9.02. The van der Waals surface area contributed by atoms with Gasteiger partial charge in [0.05, 0.1) is 18.2 Å². The zero-order valence-corrected chi connectivity index (χ0v) is 10.1. The molecule has 2 N–H and O–H groups in total. The molecule has 0 saturated heterocycles. The molecular formula is C14H11F2NO2. The molecule has 0 aliphatic carbocycles. The number of rotatable bonds is 3. The minimum atomic E-state index is -0.772. The van der Waals surface area contributed by atoms with Crippen LogP contribution in [0.1, 0.15) is 15.9 Å². The number of hydrogen-bond acceptors (Lipinski definition) is 3. The van der Waals surface area contributed by atoms with E-state index in [0.29, 0.717) is 0 Å². The zero-order chi connectivity index (χ0) is 14.0. The summed E-state index contributed by atoms with van der Waals surface area (Å²) in [5.41, 5.74) is 5.24. The predicted octanol–water partition coefficient (Wildman–Crippen LogP) is 2.79. The summed E-state index contributed by atoms with van der Waals surface area (Å²) in [4.78, 5) is 12.1. The number of carbonyl (C=O) groups is 1. The molecule has 0 fully saturated rings. The Bertz CT molecular complexity index is 641. The highest BCUT2D eigenvalue weighted by atomic mass is 19.1. The summed E-state index contributed by atoms with van der Waals surface area (Å²) in [6, 6.07) is 7.33. The maximum absolute atomic E-state index is 13.8. The maximum atomic E-state index is 13.8. The SMILES string of the molecule is COc1ccc(C(=O)c2cc(N)ccc2F)c(F)c1. The van der Waals surface area contributed by atoms with Gasteiger partial charge >= 0.3 is 0 Å². The Morgan fingerprint density at radius 1 is 1.05 bits per heavy atom. The fourth-order valence-corrected chi connectivity index (χ4v) is 1.67. The normalized spacial score (nSPS) is 10.3. The molecule has 2 aromatic rings. The highest BCUT2D eigenvalue weighted by Gasteiger charge is 2.18. The van der Waals surface area contributed by atoms with Gasteiger partial charge < -0.3 is 10.5 Å². The van der Waals surface area contributed by atoms with E-state index < -0.39 is 17.4 Å². The van der Waals surface area contributed by atoms with Crippen molar-refractivity contribution in [3.8, 4) is 5.75 Å². The monoisotopic (exact) mass is 263 g/mol. The van der Waals surface area contributed by atoms with Gasteiger partial charge in [0.1, 0.15) is 17.4 Å². The average Bonchev–Trinajstić information content (AvgIpc) is 2.40. The third kappa shape index (κ3) is 2.54. The van der Waals surface area contributed by atoms with Crippen molar-refractivity contribution in [1.82, 2.24) is 0 Å². The van der Waals surface area contributed by atoms with Gasteiger partial charge in [-0.3, -0.25) is 4.79 Å². The fourth-order valence-electron chi connectivity index (χ4n) is 1.67. The number of hydrogen-bond donors (Lipinski definition) is 1. The van der Waals surface area contributed by atoms with Gasteiger partial charge in [0.2, 0.25) is 0 Å². The summed E-state index contributed by atoms with van der Waals surface area (Å²) in [5, 5.41) is 0. The molecule has 0 unspecified atom stereocenters. The van der Waals surface area contributed by atoms with Crippen LogP contribution in [0.3, 0.4) is 0 Å². The van der Waals surface area contributed by atoms with E-state index in [9.17, 15) is 13.6 Å². The molecule has 2 aromatic carbocycles. The Kier molecular flexibility index (Phi) is 3.46. The van der Waals surface area contributed by atoms with Crippen molar-refractivity contribution in [2.75, 3.05) is 12.8 Å². The van der Waals surface area contributed by atoms with Crippen molar-refractivity contribution >= 4 is 11.5 Å². The number of methoxy groups -OCH3 is 1. The molecule has 0 radical (unpaired) electrons. The lowest BCUT2D eigenvalue weighted by Crippen LogP contribution is -2.07. The van der Waals surface area contributed by atoms with Crippen LogP contribution in [0, 0.1) is 11.6 Å². The van der Waals surface area contributed by atoms with Gasteiger partial charge in [-0.25, -0.2) is 8.78 Å². The van der Waals surface area contributed by atoms with Crippen LogP contribution in [0.5, 0.6) is 5.75 Å². The highest BCUT2D eigenvalue weighted by Crippen LogP contribution is 2.21.